The van der Waals surface area contributed by atoms with Gasteiger partial charge >= 0.3 is 0 Å². The van der Waals surface area contributed by atoms with E-state index in [0.717, 1.165) is 35.7 Å². The van der Waals surface area contributed by atoms with Gasteiger partial charge in [0.15, 0.2) is 0 Å². The summed E-state index contributed by atoms with van der Waals surface area (Å²) < 4.78 is 20.7. The molecule has 1 N–H and O–H groups in total. The lowest BCUT2D eigenvalue weighted by atomic mass is 10.0. The Morgan fingerprint density at radius 3 is 2.39 bits per heavy atom. The van der Waals surface area contributed by atoms with Gasteiger partial charge in [0.25, 0.3) is 5.91 Å². The Morgan fingerprint density at radius 2 is 1.77 bits per heavy atom. The summed E-state index contributed by atoms with van der Waals surface area (Å²) in [4.78, 5) is 15.1. The molecular weight excluding hydrogens is 395 g/mol. The topological polar surface area (TPSA) is 59.4 Å². The van der Waals surface area contributed by atoms with Crippen LogP contribution in [0.4, 0.5) is 4.39 Å². The molecule has 3 aromatic rings. The van der Waals surface area contributed by atoms with Crippen LogP contribution in [0.1, 0.15) is 33.4 Å². The highest BCUT2D eigenvalue weighted by Crippen LogP contribution is 2.22. The molecule has 31 heavy (non-hydrogen) atoms. The van der Waals surface area contributed by atoms with Gasteiger partial charge in [0.1, 0.15) is 5.82 Å². The summed E-state index contributed by atoms with van der Waals surface area (Å²) in [6.45, 7) is 7.24. The van der Waals surface area contributed by atoms with E-state index in [0.29, 0.717) is 25.3 Å². The standard InChI is InChI=1S/C24H27FN4O2/c1-17-15-18(2)29(27-17)22-9-5-20(6-10-22)24(30)26-16-23(28-11-13-31-14-12-28)19-3-7-21(25)8-4-19/h3-10,15,23H,11-14,16H2,1-2H3,(H,26,30). The lowest BCUT2D eigenvalue weighted by molar-refractivity contribution is 0.0162. The lowest BCUT2D eigenvalue weighted by Crippen LogP contribution is -2.43. The highest BCUT2D eigenvalue weighted by Gasteiger charge is 2.23. The molecule has 1 amide bonds. The van der Waals surface area contributed by atoms with E-state index >= 15 is 0 Å². The molecule has 1 atom stereocenters. The number of hydrogen-bond donors (Lipinski definition) is 1. The summed E-state index contributed by atoms with van der Waals surface area (Å²) in [5, 5.41) is 7.53. The van der Waals surface area contributed by atoms with Crippen molar-refractivity contribution in [3.05, 3.63) is 82.9 Å². The Balaban J connectivity index is 1.45. The first kappa shape index (κ1) is 21.2. The molecule has 7 heteroatoms. The van der Waals surface area contributed by atoms with Crippen molar-refractivity contribution in [1.29, 1.82) is 0 Å². The molecule has 2 heterocycles. The zero-order chi connectivity index (χ0) is 21.8. The number of halogens is 1. The molecule has 6 nitrogen and oxygen atoms in total. The second-order valence-corrected chi connectivity index (χ2v) is 7.81. The number of nitrogens with zero attached hydrogens (tertiary/aromatic N) is 3. The minimum atomic E-state index is -0.267. The van der Waals surface area contributed by atoms with E-state index in [4.69, 9.17) is 4.74 Å². The van der Waals surface area contributed by atoms with Gasteiger partial charge in [-0.1, -0.05) is 12.1 Å². The number of nitrogens with one attached hydrogen (secondary N) is 1. The van der Waals surface area contributed by atoms with Gasteiger partial charge in [-0.25, -0.2) is 9.07 Å². The SMILES string of the molecule is Cc1cc(C)n(-c2ccc(C(=O)NCC(c3ccc(F)cc3)N3CCOCC3)cc2)n1. The van der Waals surface area contributed by atoms with Crippen molar-refractivity contribution in [2.45, 2.75) is 19.9 Å². The summed E-state index contributed by atoms with van der Waals surface area (Å²) in [6, 6.07) is 15.9. The lowest BCUT2D eigenvalue weighted by Gasteiger charge is -2.35. The first-order chi connectivity index (χ1) is 15.0. The maximum Gasteiger partial charge on any atom is 0.251 e. The Labute approximate surface area is 181 Å². The molecule has 0 spiro atoms. The Kier molecular flexibility index (Phi) is 6.44. The predicted octanol–water partition coefficient (Wildman–Crippen LogP) is 3.43. The highest BCUT2D eigenvalue weighted by molar-refractivity contribution is 5.94. The smallest absolute Gasteiger partial charge is 0.251 e. The van der Waals surface area contributed by atoms with Crippen molar-refractivity contribution in [3.63, 3.8) is 0 Å². The van der Waals surface area contributed by atoms with Gasteiger partial charge in [0.2, 0.25) is 0 Å². The average Bonchev–Trinajstić information content (AvgIpc) is 3.13. The predicted molar refractivity (Wildman–Crippen MR) is 117 cm³/mol. The molecule has 1 fully saturated rings. The van der Waals surface area contributed by atoms with Gasteiger partial charge in [0, 0.05) is 30.9 Å². The van der Waals surface area contributed by atoms with E-state index in [1.807, 2.05) is 48.9 Å². The van der Waals surface area contributed by atoms with Crippen LogP contribution in [-0.2, 0) is 4.74 Å². The van der Waals surface area contributed by atoms with Gasteiger partial charge in [0.05, 0.1) is 30.6 Å². The number of hydrogen-bond acceptors (Lipinski definition) is 4. The number of carbonyl (C=O) groups is 1. The van der Waals surface area contributed by atoms with Crippen molar-refractivity contribution >= 4 is 5.91 Å². The van der Waals surface area contributed by atoms with E-state index in [-0.39, 0.29) is 17.8 Å². The molecule has 4 rings (SSSR count). The third-order valence-corrected chi connectivity index (χ3v) is 5.58. The number of aromatic nitrogens is 2. The number of carbonyl (C=O) groups excluding carboxylic acids is 1. The summed E-state index contributed by atoms with van der Waals surface area (Å²) in [5.41, 5.74) is 4.48. The second kappa shape index (κ2) is 9.41. The summed E-state index contributed by atoms with van der Waals surface area (Å²) in [6.07, 6.45) is 0. The molecule has 1 unspecified atom stereocenters. The molecule has 1 saturated heterocycles. The van der Waals surface area contributed by atoms with Crippen LogP contribution in [0.25, 0.3) is 5.69 Å². The fourth-order valence-corrected chi connectivity index (χ4v) is 3.97. The van der Waals surface area contributed by atoms with E-state index in [2.05, 4.69) is 15.3 Å². The van der Waals surface area contributed by atoms with E-state index in [1.54, 1.807) is 12.1 Å². The second-order valence-electron chi connectivity index (χ2n) is 7.81. The Morgan fingerprint density at radius 1 is 1.10 bits per heavy atom. The monoisotopic (exact) mass is 422 g/mol. The van der Waals surface area contributed by atoms with Crippen LogP contribution >= 0.6 is 0 Å². The Bertz CT molecular complexity index is 1020. The minimum Gasteiger partial charge on any atom is -0.379 e. The molecule has 0 saturated carbocycles. The van der Waals surface area contributed by atoms with Gasteiger partial charge in [-0.2, -0.15) is 5.10 Å². The van der Waals surface area contributed by atoms with E-state index < -0.39 is 0 Å². The van der Waals surface area contributed by atoms with Crippen molar-refractivity contribution in [3.8, 4) is 5.69 Å². The molecule has 0 aliphatic carbocycles. The Hall–Kier alpha value is -3.03. The number of benzene rings is 2. The number of aryl methyl sites for hydroxylation is 2. The van der Waals surface area contributed by atoms with Crippen LogP contribution < -0.4 is 5.32 Å². The number of ether oxygens (including phenoxy) is 1. The molecule has 0 radical (unpaired) electrons. The zero-order valence-electron chi connectivity index (χ0n) is 17.8. The van der Waals surface area contributed by atoms with Crippen molar-refractivity contribution in [2.75, 3.05) is 32.8 Å². The maximum absolute atomic E-state index is 13.4. The summed E-state index contributed by atoms with van der Waals surface area (Å²) in [7, 11) is 0. The largest absolute Gasteiger partial charge is 0.379 e. The fraction of sp³-hybridized carbons (Fsp3) is 0.333. The van der Waals surface area contributed by atoms with Gasteiger partial charge in [-0.15, -0.1) is 0 Å². The van der Waals surface area contributed by atoms with E-state index in [9.17, 15) is 9.18 Å². The molecule has 2 aromatic carbocycles. The van der Waals surface area contributed by atoms with Gasteiger partial charge < -0.3 is 10.1 Å². The molecule has 1 aliphatic heterocycles. The summed E-state index contributed by atoms with van der Waals surface area (Å²) in [5.74, 6) is -0.406. The fourth-order valence-electron chi connectivity index (χ4n) is 3.97. The van der Waals surface area contributed by atoms with E-state index in [1.165, 1.54) is 12.1 Å². The first-order valence-corrected chi connectivity index (χ1v) is 10.5. The molecule has 1 aliphatic rings. The van der Waals surface area contributed by atoms with Crippen LogP contribution in [0.2, 0.25) is 0 Å². The molecule has 1 aromatic heterocycles. The highest BCUT2D eigenvalue weighted by atomic mass is 19.1. The van der Waals surface area contributed by atoms with Crippen molar-refractivity contribution in [2.24, 2.45) is 0 Å². The average molecular weight is 423 g/mol. The maximum atomic E-state index is 13.4. The van der Waals surface area contributed by atoms with Crippen LogP contribution in [0.5, 0.6) is 0 Å². The quantitative estimate of drug-likeness (QED) is 0.661. The zero-order valence-corrected chi connectivity index (χ0v) is 17.8. The molecular formula is C24H27FN4O2. The van der Waals surface area contributed by atoms with Crippen LogP contribution in [0, 0.1) is 19.7 Å². The van der Waals surface area contributed by atoms with Crippen molar-refractivity contribution < 1.29 is 13.9 Å². The first-order valence-electron chi connectivity index (χ1n) is 10.5. The number of rotatable bonds is 6. The summed E-state index contributed by atoms with van der Waals surface area (Å²) >= 11 is 0. The number of amides is 1. The van der Waals surface area contributed by atoms with Crippen LogP contribution in [0.3, 0.4) is 0 Å². The third-order valence-electron chi connectivity index (χ3n) is 5.58. The molecule has 0 bridgehead atoms. The van der Waals surface area contributed by atoms with Crippen LogP contribution in [-0.4, -0.2) is 53.4 Å². The van der Waals surface area contributed by atoms with Gasteiger partial charge in [-0.3, -0.25) is 9.69 Å². The van der Waals surface area contributed by atoms with Gasteiger partial charge in [-0.05, 0) is 61.9 Å². The molecule has 162 valence electrons. The van der Waals surface area contributed by atoms with Crippen LogP contribution in [0.15, 0.2) is 54.6 Å². The third kappa shape index (κ3) is 5.00. The number of morpholine rings is 1. The normalized spacial score (nSPS) is 15.6. The van der Waals surface area contributed by atoms with Crippen molar-refractivity contribution in [1.82, 2.24) is 20.0 Å². The minimum absolute atomic E-state index is 0.0394.